The molecule has 1 heterocycles. The minimum Gasteiger partial charge on any atom is -0.455 e. The molecule has 4 nitrogen and oxygen atoms in total. The second-order valence-electron chi connectivity index (χ2n) is 6.92. The molecule has 0 unspecified atom stereocenters. The predicted molar refractivity (Wildman–Crippen MR) is 109 cm³/mol. The van der Waals surface area contributed by atoms with E-state index < -0.39 is 0 Å². The number of hydrogen-bond donors (Lipinski definition) is 1. The Morgan fingerprint density at radius 1 is 0.852 bits per heavy atom. The Balaban J connectivity index is 1.78. The van der Waals surface area contributed by atoms with Crippen molar-refractivity contribution in [3.63, 3.8) is 0 Å². The highest BCUT2D eigenvalue weighted by Crippen LogP contribution is 2.25. The van der Waals surface area contributed by atoms with E-state index >= 15 is 0 Å². The van der Waals surface area contributed by atoms with Crippen molar-refractivity contribution < 1.29 is 9.21 Å². The van der Waals surface area contributed by atoms with Crippen LogP contribution >= 0.6 is 0 Å². The smallest absolute Gasteiger partial charge is 0.255 e. The monoisotopic (exact) mass is 357 g/mol. The van der Waals surface area contributed by atoms with Gasteiger partial charge < -0.3 is 9.73 Å². The lowest BCUT2D eigenvalue weighted by Gasteiger charge is -2.08. The molecule has 0 saturated carbocycles. The highest BCUT2D eigenvalue weighted by Gasteiger charge is 2.12. The van der Waals surface area contributed by atoms with E-state index in [4.69, 9.17) is 4.42 Å². The number of carbonyl (C=O) groups excluding carboxylic acids is 1. The first-order chi connectivity index (χ1) is 12.9. The average molecular weight is 357 g/mol. The summed E-state index contributed by atoms with van der Waals surface area (Å²) in [6, 6.07) is 16.3. The van der Waals surface area contributed by atoms with Crippen LogP contribution in [0.15, 0.2) is 63.8 Å². The molecule has 1 amide bonds. The van der Waals surface area contributed by atoms with Crippen molar-refractivity contribution in [3.8, 4) is 0 Å². The Morgan fingerprint density at radius 2 is 1.59 bits per heavy atom. The summed E-state index contributed by atoms with van der Waals surface area (Å²) in [5.41, 5.74) is 5.17. The summed E-state index contributed by atoms with van der Waals surface area (Å²) in [6.45, 7) is 5.85. The lowest BCUT2D eigenvalue weighted by Crippen LogP contribution is -2.12. The lowest BCUT2D eigenvalue weighted by atomic mass is 10.1. The van der Waals surface area contributed by atoms with E-state index in [2.05, 4.69) is 5.32 Å². The van der Waals surface area contributed by atoms with Crippen molar-refractivity contribution in [1.82, 2.24) is 0 Å². The Hall–Kier alpha value is -3.40. The third kappa shape index (κ3) is 3.10. The summed E-state index contributed by atoms with van der Waals surface area (Å²) in [4.78, 5) is 25.3. The topological polar surface area (TPSA) is 59.3 Å². The van der Waals surface area contributed by atoms with Crippen molar-refractivity contribution >= 4 is 33.5 Å². The number of hydrogen-bond acceptors (Lipinski definition) is 3. The minimum absolute atomic E-state index is 0.0607. The van der Waals surface area contributed by atoms with Crippen LogP contribution in [0.3, 0.4) is 0 Å². The van der Waals surface area contributed by atoms with E-state index in [1.54, 1.807) is 30.3 Å². The SMILES string of the molecule is Cc1ccc(C(=O)Nc2ccc3c(=O)c4cc(C)cc(C)c4oc3c2)cc1. The van der Waals surface area contributed by atoms with Crippen LogP contribution in [0.5, 0.6) is 0 Å². The third-order valence-electron chi connectivity index (χ3n) is 4.67. The third-order valence-corrected chi connectivity index (χ3v) is 4.67. The van der Waals surface area contributed by atoms with Gasteiger partial charge in [0.25, 0.3) is 5.91 Å². The van der Waals surface area contributed by atoms with Gasteiger partial charge in [-0.3, -0.25) is 9.59 Å². The van der Waals surface area contributed by atoms with Crippen molar-refractivity contribution in [3.05, 3.63) is 87.1 Å². The number of amides is 1. The summed E-state index contributed by atoms with van der Waals surface area (Å²) in [7, 11) is 0. The molecule has 1 N–H and O–H groups in total. The van der Waals surface area contributed by atoms with Crippen molar-refractivity contribution in [2.45, 2.75) is 20.8 Å². The Morgan fingerprint density at radius 3 is 2.33 bits per heavy atom. The molecule has 0 aliphatic heterocycles. The molecule has 0 atom stereocenters. The molecule has 0 aliphatic rings. The van der Waals surface area contributed by atoms with E-state index in [1.807, 2.05) is 45.0 Å². The first kappa shape index (κ1) is 17.0. The fraction of sp³-hybridized carbons (Fsp3) is 0.130. The molecular weight excluding hydrogens is 338 g/mol. The van der Waals surface area contributed by atoms with Crippen LogP contribution < -0.4 is 10.7 Å². The zero-order chi connectivity index (χ0) is 19.1. The molecule has 27 heavy (non-hydrogen) atoms. The maximum Gasteiger partial charge on any atom is 0.255 e. The summed E-state index contributed by atoms with van der Waals surface area (Å²) < 4.78 is 6.01. The molecule has 0 bridgehead atoms. The van der Waals surface area contributed by atoms with Crippen LogP contribution in [0.2, 0.25) is 0 Å². The predicted octanol–water partition coefficient (Wildman–Crippen LogP) is 5.12. The van der Waals surface area contributed by atoms with Gasteiger partial charge in [0.1, 0.15) is 11.2 Å². The molecule has 0 radical (unpaired) electrons. The molecule has 134 valence electrons. The number of carbonyl (C=O) groups is 1. The second-order valence-corrected chi connectivity index (χ2v) is 6.92. The van der Waals surface area contributed by atoms with E-state index in [9.17, 15) is 9.59 Å². The Labute approximate surface area is 156 Å². The minimum atomic E-state index is -0.204. The van der Waals surface area contributed by atoms with Gasteiger partial charge in [-0.25, -0.2) is 0 Å². The standard InChI is InChI=1S/C23H19NO3/c1-13-4-6-16(7-5-13)23(26)24-17-8-9-18-20(12-17)27-22-15(3)10-14(2)11-19(22)21(18)25/h4-12H,1-3H3,(H,24,26). The number of rotatable bonds is 2. The van der Waals surface area contributed by atoms with Crippen molar-refractivity contribution in [1.29, 1.82) is 0 Å². The van der Waals surface area contributed by atoms with Crippen LogP contribution in [0.25, 0.3) is 21.9 Å². The van der Waals surface area contributed by atoms with Gasteiger partial charge in [-0.1, -0.05) is 23.8 Å². The van der Waals surface area contributed by atoms with Gasteiger partial charge in [0.05, 0.1) is 10.8 Å². The molecule has 0 fully saturated rings. The second kappa shape index (κ2) is 6.40. The summed E-state index contributed by atoms with van der Waals surface area (Å²) in [5.74, 6) is -0.204. The first-order valence-corrected chi connectivity index (χ1v) is 8.78. The van der Waals surface area contributed by atoms with Crippen LogP contribution in [0.1, 0.15) is 27.0 Å². The van der Waals surface area contributed by atoms with Gasteiger partial charge in [-0.15, -0.1) is 0 Å². The fourth-order valence-corrected chi connectivity index (χ4v) is 3.29. The summed E-state index contributed by atoms with van der Waals surface area (Å²) in [6.07, 6.45) is 0. The Bertz CT molecular complexity index is 1250. The van der Waals surface area contributed by atoms with E-state index in [1.165, 1.54) is 0 Å². The quantitative estimate of drug-likeness (QED) is 0.506. The zero-order valence-electron chi connectivity index (χ0n) is 15.4. The molecule has 0 spiro atoms. The molecule has 3 aromatic carbocycles. The Kier molecular flexibility index (Phi) is 4.04. The largest absolute Gasteiger partial charge is 0.455 e. The van der Waals surface area contributed by atoms with E-state index in [0.29, 0.717) is 33.2 Å². The maximum absolute atomic E-state index is 12.8. The molecule has 0 saturated heterocycles. The van der Waals surface area contributed by atoms with Crippen molar-refractivity contribution in [2.24, 2.45) is 0 Å². The lowest BCUT2D eigenvalue weighted by molar-refractivity contribution is 0.102. The summed E-state index contributed by atoms with van der Waals surface area (Å²) >= 11 is 0. The summed E-state index contributed by atoms with van der Waals surface area (Å²) in [5, 5.41) is 3.94. The number of fused-ring (bicyclic) bond motifs is 2. The highest BCUT2D eigenvalue weighted by molar-refractivity contribution is 6.05. The van der Waals surface area contributed by atoms with Crippen molar-refractivity contribution in [2.75, 3.05) is 5.32 Å². The van der Waals surface area contributed by atoms with Crippen LogP contribution in [-0.2, 0) is 0 Å². The van der Waals surface area contributed by atoms with Crippen LogP contribution in [0.4, 0.5) is 5.69 Å². The zero-order valence-corrected chi connectivity index (χ0v) is 15.4. The fourth-order valence-electron chi connectivity index (χ4n) is 3.29. The number of benzene rings is 3. The van der Waals surface area contributed by atoms with Gasteiger partial charge in [0, 0.05) is 17.3 Å². The molecule has 4 rings (SSSR count). The normalized spacial score (nSPS) is 11.1. The number of nitrogens with one attached hydrogen (secondary N) is 1. The molecule has 1 aromatic heterocycles. The van der Waals surface area contributed by atoms with Gasteiger partial charge in [-0.2, -0.15) is 0 Å². The first-order valence-electron chi connectivity index (χ1n) is 8.78. The van der Waals surface area contributed by atoms with Gasteiger partial charge >= 0.3 is 0 Å². The maximum atomic E-state index is 12.8. The van der Waals surface area contributed by atoms with Gasteiger partial charge in [0.2, 0.25) is 5.43 Å². The van der Waals surface area contributed by atoms with E-state index in [0.717, 1.165) is 16.7 Å². The average Bonchev–Trinajstić information content (AvgIpc) is 2.63. The van der Waals surface area contributed by atoms with Crippen LogP contribution in [0, 0.1) is 20.8 Å². The molecular formula is C23H19NO3. The van der Waals surface area contributed by atoms with E-state index in [-0.39, 0.29) is 11.3 Å². The molecule has 4 aromatic rings. The van der Waals surface area contributed by atoms with Crippen LogP contribution in [-0.4, -0.2) is 5.91 Å². The molecule has 0 aliphatic carbocycles. The molecule has 4 heteroatoms. The highest BCUT2D eigenvalue weighted by atomic mass is 16.3. The number of aryl methyl sites for hydroxylation is 3. The number of anilines is 1. The van der Waals surface area contributed by atoms with Gasteiger partial charge in [-0.05, 0) is 62.2 Å². The van der Waals surface area contributed by atoms with Gasteiger partial charge in [0.15, 0.2) is 0 Å².